The summed E-state index contributed by atoms with van der Waals surface area (Å²) < 4.78 is 5.72. The van der Waals surface area contributed by atoms with Crippen LogP contribution in [0, 0.1) is 0 Å². The molecule has 0 atom stereocenters. The van der Waals surface area contributed by atoms with Crippen LogP contribution in [0.2, 0.25) is 0 Å². The first-order valence-corrected chi connectivity index (χ1v) is 9.98. The quantitative estimate of drug-likeness (QED) is 0.681. The number of nitrogens with zero attached hydrogens (tertiary/aromatic N) is 2. The largest absolute Gasteiger partial charge is 0.487 e. The van der Waals surface area contributed by atoms with Crippen molar-refractivity contribution < 1.29 is 9.53 Å². The highest BCUT2D eigenvalue weighted by Gasteiger charge is 2.12. The molecule has 0 bridgehead atoms. The van der Waals surface area contributed by atoms with Gasteiger partial charge in [0.1, 0.15) is 12.4 Å². The van der Waals surface area contributed by atoms with Crippen molar-refractivity contribution in [3.63, 3.8) is 0 Å². The molecule has 0 radical (unpaired) electrons. The Morgan fingerprint density at radius 3 is 2.70 bits per heavy atom. The molecule has 6 heteroatoms. The summed E-state index contributed by atoms with van der Waals surface area (Å²) in [5.41, 5.74) is 5.22. The van der Waals surface area contributed by atoms with Gasteiger partial charge in [-0.3, -0.25) is 4.79 Å². The summed E-state index contributed by atoms with van der Waals surface area (Å²) in [4.78, 5) is 19.1. The molecule has 138 valence electrons. The van der Waals surface area contributed by atoms with Crippen molar-refractivity contribution in [1.29, 1.82) is 0 Å². The normalized spacial score (nSPS) is 13.6. The molecule has 27 heavy (non-hydrogen) atoms. The van der Waals surface area contributed by atoms with Gasteiger partial charge in [-0.1, -0.05) is 6.07 Å². The first-order valence-electron chi connectivity index (χ1n) is 9.04. The van der Waals surface area contributed by atoms with Crippen LogP contribution in [-0.4, -0.2) is 24.0 Å². The molecule has 1 aliphatic heterocycles. The molecule has 1 aliphatic rings. The second kappa shape index (κ2) is 8.22. The van der Waals surface area contributed by atoms with E-state index >= 15 is 0 Å². The lowest BCUT2D eigenvalue weighted by molar-refractivity contribution is 0.102. The Morgan fingerprint density at radius 2 is 1.96 bits per heavy atom. The van der Waals surface area contributed by atoms with Crippen molar-refractivity contribution in [2.24, 2.45) is 0 Å². The summed E-state index contributed by atoms with van der Waals surface area (Å²) in [6.07, 6.45) is 2.50. The van der Waals surface area contributed by atoms with Crippen LogP contribution in [0.1, 0.15) is 28.9 Å². The van der Waals surface area contributed by atoms with Gasteiger partial charge in [-0.25, -0.2) is 4.98 Å². The predicted molar refractivity (Wildman–Crippen MR) is 109 cm³/mol. The van der Waals surface area contributed by atoms with E-state index < -0.39 is 0 Å². The molecule has 1 aromatic heterocycles. The van der Waals surface area contributed by atoms with E-state index in [2.05, 4.69) is 27.3 Å². The first kappa shape index (κ1) is 17.5. The number of hydrogen-bond acceptors (Lipinski definition) is 5. The van der Waals surface area contributed by atoms with E-state index in [9.17, 15) is 4.79 Å². The van der Waals surface area contributed by atoms with Crippen LogP contribution in [0.15, 0.2) is 59.4 Å². The number of amides is 1. The Hall–Kier alpha value is -2.86. The van der Waals surface area contributed by atoms with Crippen molar-refractivity contribution >= 4 is 28.6 Å². The third kappa shape index (κ3) is 4.46. The number of nitrogens with one attached hydrogen (secondary N) is 1. The molecule has 1 fully saturated rings. The van der Waals surface area contributed by atoms with Gasteiger partial charge >= 0.3 is 0 Å². The summed E-state index contributed by atoms with van der Waals surface area (Å²) in [6.45, 7) is 2.62. The van der Waals surface area contributed by atoms with E-state index in [4.69, 9.17) is 4.74 Å². The Morgan fingerprint density at radius 1 is 1.15 bits per heavy atom. The van der Waals surface area contributed by atoms with Gasteiger partial charge in [-0.05, 0) is 55.3 Å². The van der Waals surface area contributed by atoms with Crippen LogP contribution >= 0.6 is 11.3 Å². The van der Waals surface area contributed by atoms with Crippen molar-refractivity contribution in [3.8, 4) is 5.75 Å². The van der Waals surface area contributed by atoms with Gasteiger partial charge in [-0.2, -0.15) is 0 Å². The van der Waals surface area contributed by atoms with Crippen molar-refractivity contribution in [1.82, 2.24) is 4.98 Å². The highest BCUT2D eigenvalue weighted by atomic mass is 32.1. The summed E-state index contributed by atoms with van der Waals surface area (Å²) in [5.74, 6) is 0.503. The van der Waals surface area contributed by atoms with Gasteiger partial charge in [0.2, 0.25) is 0 Å². The number of thiazole rings is 1. The van der Waals surface area contributed by atoms with Crippen molar-refractivity contribution in [2.45, 2.75) is 19.4 Å². The minimum Gasteiger partial charge on any atom is -0.487 e. The fraction of sp³-hybridized carbons (Fsp3) is 0.238. The molecular weight excluding hydrogens is 358 g/mol. The maximum atomic E-state index is 12.6. The van der Waals surface area contributed by atoms with Crippen molar-refractivity contribution in [2.75, 3.05) is 23.3 Å². The molecule has 0 saturated carbocycles. The van der Waals surface area contributed by atoms with Crippen LogP contribution in [0.5, 0.6) is 5.75 Å². The van der Waals surface area contributed by atoms with Gasteiger partial charge in [0.15, 0.2) is 0 Å². The zero-order valence-electron chi connectivity index (χ0n) is 14.9. The van der Waals surface area contributed by atoms with Crippen LogP contribution in [-0.2, 0) is 6.61 Å². The van der Waals surface area contributed by atoms with Gasteiger partial charge in [0, 0.05) is 35.4 Å². The molecule has 0 aliphatic carbocycles. The Bertz CT molecular complexity index is 888. The predicted octanol–water partition coefficient (Wildman–Crippen LogP) is 4.57. The zero-order valence-corrected chi connectivity index (χ0v) is 15.7. The van der Waals surface area contributed by atoms with Gasteiger partial charge in [0.25, 0.3) is 5.91 Å². The number of anilines is 2. The molecule has 1 saturated heterocycles. The molecule has 5 nitrogen and oxygen atoms in total. The number of carbonyl (C=O) groups is 1. The van der Waals surface area contributed by atoms with Gasteiger partial charge in [-0.15, -0.1) is 11.3 Å². The maximum Gasteiger partial charge on any atom is 0.255 e. The number of carbonyl (C=O) groups excluding carboxylic acids is 1. The summed E-state index contributed by atoms with van der Waals surface area (Å²) in [5, 5.41) is 4.90. The topological polar surface area (TPSA) is 54.5 Å². The van der Waals surface area contributed by atoms with E-state index in [1.54, 1.807) is 17.6 Å². The molecule has 4 rings (SSSR count). The summed E-state index contributed by atoms with van der Waals surface area (Å²) in [7, 11) is 0. The Labute approximate surface area is 162 Å². The molecule has 0 unspecified atom stereocenters. The molecule has 1 N–H and O–H groups in total. The lowest BCUT2D eigenvalue weighted by atomic mass is 10.2. The SMILES string of the molecule is O=C(Nc1ccc(N2CCCC2)cc1)c1cccc(OCc2cscn2)c1. The second-order valence-corrected chi connectivity index (χ2v) is 7.21. The highest BCUT2D eigenvalue weighted by molar-refractivity contribution is 7.07. The molecule has 2 aromatic carbocycles. The Balaban J connectivity index is 1.38. The van der Waals surface area contributed by atoms with Crippen molar-refractivity contribution in [3.05, 3.63) is 70.7 Å². The second-order valence-electron chi connectivity index (χ2n) is 6.49. The number of ether oxygens (including phenoxy) is 1. The van der Waals surface area contributed by atoms with E-state index in [1.165, 1.54) is 29.9 Å². The molecular formula is C21H21N3O2S. The maximum absolute atomic E-state index is 12.6. The average molecular weight is 379 g/mol. The third-order valence-electron chi connectivity index (χ3n) is 4.56. The number of benzene rings is 2. The van der Waals surface area contributed by atoms with Crippen LogP contribution in [0.25, 0.3) is 0 Å². The van der Waals surface area contributed by atoms with Crippen LogP contribution in [0.3, 0.4) is 0 Å². The van der Waals surface area contributed by atoms with E-state index in [0.717, 1.165) is 24.5 Å². The average Bonchev–Trinajstić information content (AvgIpc) is 3.41. The number of hydrogen-bond donors (Lipinski definition) is 1. The minimum absolute atomic E-state index is 0.150. The lowest BCUT2D eigenvalue weighted by Crippen LogP contribution is -2.17. The first-order chi connectivity index (χ1) is 13.3. The van der Waals surface area contributed by atoms with Gasteiger partial charge in [0.05, 0.1) is 11.2 Å². The smallest absolute Gasteiger partial charge is 0.255 e. The third-order valence-corrected chi connectivity index (χ3v) is 5.20. The standard InChI is InChI=1S/C21H21N3O2S/c25-21(23-17-6-8-19(9-7-17)24-10-1-2-11-24)16-4-3-5-20(12-16)26-13-18-14-27-15-22-18/h3-9,12,14-15H,1-2,10-11,13H2,(H,23,25). The van der Waals surface area contributed by atoms with E-state index in [1.807, 2.05) is 29.6 Å². The highest BCUT2D eigenvalue weighted by Crippen LogP contribution is 2.23. The summed E-state index contributed by atoms with van der Waals surface area (Å²) in [6, 6.07) is 15.2. The Kier molecular flexibility index (Phi) is 5.34. The molecule has 3 aromatic rings. The van der Waals surface area contributed by atoms with Crippen LogP contribution < -0.4 is 15.0 Å². The van der Waals surface area contributed by atoms with Gasteiger partial charge < -0.3 is 15.0 Å². The monoisotopic (exact) mass is 379 g/mol. The van der Waals surface area contributed by atoms with E-state index in [0.29, 0.717) is 17.9 Å². The molecule has 0 spiro atoms. The lowest BCUT2D eigenvalue weighted by Gasteiger charge is -2.17. The van der Waals surface area contributed by atoms with E-state index in [-0.39, 0.29) is 5.91 Å². The molecule has 1 amide bonds. The summed E-state index contributed by atoms with van der Waals surface area (Å²) >= 11 is 1.53. The zero-order chi connectivity index (χ0) is 18.5. The molecule has 2 heterocycles. The fourth-order valence-corrected chi connectivity index (χ4v) is 3.67. The number of aromatic nitrogens is 1. The number of rotatable bonds is 6. The van der Waals surface area contributed by atoms with Crippen LogP contribution in [0.4, 0.5) is 11.4 Å². The minimum atomic E-state index is -0.150. The fourth-order valence-electron chi connectivity index (χ4n) is 3.13.